The molecule has 1 aromatic carbocycles. The molecule has 5 heteroatoms. The Hall–Kier alpha value is -2.66. The van der Waals surface area contributed by atoms with Gasteiger partial charge in [-0.1, -0.05) is 42.5 Å². The van der Waals surface area contributed by atoms with E-state index in [-0.39, 0.29) is 6.09 Å². The molecule has 1 aliphatic rings. The third kappa shape index (κ3) is 6.99. The number of aromatic nitrogens is 1. The van der Waals surface area contributed by atoms with Crippen molar-refractivity contribution < 1.29 is 14.3 Å². The molecule has 1 aliphatic heterocycles. The van der Waals surface area contributed by atoms with Gasteiger partial charge in [0.05, 0.1) is 6.61 Å². The lowest BCUT2D eigenvalue weighted by molar-refractivity contribution is 0.0270. The van der Waals surface area contributed by atoms with Crippen LogP contribution in [-0.2, 0) is 22.5 Å². The molecule has 2 aromatic rings. The van der Waals surface area contributed by atoms with Crippen LogP contribution in [0.25, 0.3) is 5.57 Å². The fourth-order valence-electron chi connectivity index (χ4n) is 3.31. The monoisotopic (exact) mass is 408 g/mol. The van der Waals surface area contributed by atoms with Crippen LogP contribution in [-0.4, -0.2) is 41.3 Å². The van der Waals surface area contributed by atoms with Crippen molar-refractivity contribution in [2.75, 3.05) is 19.7 Å². The summed E-state index contributed by atoms with van der Waals surface area (Å²) < 4.78 is 11.2. The van der Waals surface area contributed by atoms with Gasteiger partial charge in [-0.25, -0.2) is 4.79 Å². The van der Waals surface area contributed by atoms with Gasteiger partial charge in [0.25, 0.3) is 0 Å². The Bertz CT molecular complexity index is 839. The van der Waals surface area contributed by atoms with E-state index in [1.54, 1.807) is 4.90 Å². The highest BCUT2D eigenvalue weighted by atomic mass is 16.6. The lowest BCUT2D eigenvalue weighted by Gasteiger charge is -2.29. The number of nitrogens with zero attached hydrogens (tertiary/aromatic N) is 2. The summed E-state index contributed by atoms with van der Waals surface area (Å²) in [4.78, 5) is 18.5. The summed E-state index contributed by atoms with van der Waals surface area (Å²) in [5, 5.41) is 0. The summed E-state index contributed by atoms with van der Waals surface area (Å²) in [7, 11) is 0. The summed E-state index contributed by atoms with van der Waals surface area (Å²) in [6, 6.07) is 14.4. The molecule has 160 valence electrons. The Morgan fingerprint density at radius 1 is 1.13 bits per heavy atom. The number of amides is 1. The van der Waals surface area contributed by atoms with Gasteiger partial charge < -0.3 is 14.4 Å². The van der Waals surface area contributed by atoms with E-state index in [1.807, 2.05) is 45.2 Å². The van der Waals surface area contributed by atoms with Gasteiger partial charge in [-0.15, -0.1) is 0 Å². The molecule has 30 heavy (non-hydrogen) atoms. The van der Waals surface area contributed by atoms with Gasteiger partial charge in [0.2, 0.25) is 0 Å². The maximum atomic E-state index is 12.2. The fourth-order valence-corrected chi connectivity index (χ4v) is 3.31. The van der Waals surface area contributed by atoms with Crippen molar-refractivity contribution in [3.8, 4) is 0 Å². The standard InChI is InChI=1S/C25H32N2O3/c1-25(2,3)30-24(28)27-15-13-21(14-16-27)22-11-12-23(26-18-22)10-7-17-29-19-20-8-5-4-6-9-20/h4-6,8-9,11-13,18H,7,10,14-17,19H2,1-3H3. The normalized spacial score (nSPS) is 14.4. The summed E-state index contributed by atoms with van der Waals surface area (Å²) in [5.41, 5.74) is 4.18. The Morgan fingerprint density at radius 2 is 1.93 bits per heavy atom. The van der Waals surface area contributed by atoms with Crippen LogP contribution in [0.15, 0.2) is 54.7 Å². The molecule has 0 saturated carbocycles. The predicted molar refractivity (Wildman–Crippen MR) is 119 cm³/mol. The zero-order chi connectivity index (χ0) is 21.4. The van der Waals surface area contributed by atoms with E-state index in [4.69, 9.17) is 9.47 Å². The second-order valence-electron chi connectivity index (χ2n) is 8.59. The number of hydrogen-bond acceptors (Lipinski definition) is 4. The fraction of sp³-hybridized carbons (Fsp3) is 0.440. The number of benzene rings is 1. The van der Waals surface area contributed by atoms with Gasteiger partial charge in [-0.3, -0.25) is 4.98 Å². The van der Waals surface area contributed by atoms with Crippen LogP contribution in [0, 0.1) is 0 Å². The maximum absolute atomic E-state index is 12.2. The molecular weight excluding hydrogens is 376 g/mol. The summed E-state index contributed by atoms with van der Waals surface area (Å²) in [5.74, 6) is 0. The van der Waals surface area contributed by atoms with Gasteiger partial charge in [0.1, 0.15) is 5.60 Å². The van der Waals surface area contributed by atoms with E-state index in [9.17, 15) is 4.79 Å². The van der Waals surface area contributed by atoms with Crippen LogP contribution in [0.5, 0.6) is 0 Å². The molecular formula is C25H32N2O3. The number of carbonyl (C=O) groups excluding carboxylic acids is 1. The number of ether oxygens (including phenoxy) is 2. The quantitative estimate of drug-likeness (QED) is 0.587. The highest BCUT2D eigenvalue weighted by Gasteiger charge is 2.23. The van der Waals surface area contributed by atoms with Crippen molar-refractivity contribution in [3.63, 3.8) is 0 Å². The Labute approximate surface area is 179 Å². The predicted octanol–water partition coefficient (Wildman–Crippen LogP) is 5.26. The van der Waals surface area contributed by atoms with E-state index in [0.717, 1.165) is 37.1 Å². The summed E-state index contributed by atoms with van der Waals surface area (Å²) in [6.07, 6.45) is 6.46. The van der Waals surface area contributed by atoms with Crippen molar-refractivity contribution in [3.05, 3.63) is 71.6 Å². The van der Waals surface area contributed by atoms with E-state index in [2.05, 4.69) is 35.3 Å². The first-order valence-corrected chi connectivity index (χ1v) is 10.6. The average Bonchev–Trinajstić information content (AvgIpc) is 2.74. The van der Waals surface area contributed by atoms with Gasteiger partial charge in [0.15, 0.2) is 0 Å². The minimum atomic E-state index is -0.465. The Kier molecular flexibility index (Phi) is 7.63. The van der Waals surface area contributed by atoms with Crippen LogP contribution in [0.4, 0.5) is 4.79 Å². The summed E-state index contributed by atoms with van der Waals surface area (Å²) in [6.45, 7) is 8.29. The van der Waals surface area contributed by atoms with E-state index < -0.39 is 5.60 Å². The zero-order valence-electron chi connectivity index (χ0n) is 18.3. The molecule has 3 rings (SSSR count). The van der Waals surface area contributed by atoms with Gasteiger partial charge in [0, 0.05) is 31.6 Å². The lowest BCUT2D eigenvalue weighted by atomic mass is 10.0. The molecule has 1 aromatic heterocycles. The van der Waals surface area contributed by atoms with Crippen LogP contribution >= 0.6 is 0 Å². The molecule has 0 N–H and O–H groups in total. The van der Waals surface area contributed by atoms with Crippen molar-refractivity contribution >= 4 is 11.7 Å². The molecule has 0 bridgehead atoms. The van der Waals surface area contributed by atoms with Crippen molar-refractivity contribution in [1.29, 1.82) is 0 Å². The molecule has 0 radical (unpaired) electrons. The molecule has 0 saturated heterocycles. The highest BCUT2D eigenvalue weighted by Crippen LogP contribution is 2.23. The third-order valence-electron chi connectivity index (χ3n) is 4.89. The first-order valence-electron chi connectivity index (χ1n) is 10.6. The van der Waals surface area contributed by atoms with Crippen LogP contribution in [0.2, 0.25) is 0 Å². The Balaban J connectivity index is 1.41. The van der Waals surface area contributed by atoms with Gasteiger partial charge in [-0.2, -0.15) is 0 Å². The highest BCUT2D eigenvalue weighted by molar-refractivity contribution is 5.72. The van der Waals surface area contributed by atoms with Crippen LogP contribution < -0.4 is 0 Å². The molecule has 0 fully saturated rings. The maximum Gasteiger partial charge on any atom is 0.410 e. The van der Waals surface area contributed by atoms with Crippen LogP contribution in [0.3, 0.4) is 0 Å². The summed E-state index contributed by atoms with van der Waals surface area (Å²) >= 11 is 0. The molecule has 0 atom stereocenters. The number of hydrogen-bond donors (Lipinski definition) is 0. The number of carbonyl (C=O) groups is 1. The smallest absolute Gasteiger partial charge is 0.410 e. The third-order valence-corrected chi connectivity index (χ3v) is 4.89. The minimum absolute atomic E-state index is 0.249. The molecule has 5 nitrogen and oxygen atoms in total. The first-order chi connectivity index (χ1) is 14.4. The second-order valence-corrected chi connectivity index (χ2v) is 8.59. The zero-order valence-corrected chi connectivity index (χ0v) is 18.3. The number of aryl methyl sites for hydroxylation is 1. The largest absolute Gasteiger partial charge is 0.444 e. The number of pyridine rings is 1. The van der Waals surface area contributed by atoms with Crippen molar-refractivity contribution in [2.24, 2.45) is 0 Å². The lowest BCUT2D eigenvalue weighted by Crippen LogP contribution is -2.39. The first kappa shape index (κ1) is 22.0. The average molecular weight is 409 g/mol. The molecule has 0 aliphatic carbocycles. The van der Waals surface area contributed by atoms with E-state index >= 15 is 0 Å². The van der Waals surface area contributed by atoms with Gasteiger partial charge in [-0.05, 0) is 62.8 Å². The molecule has 2 heterocycles. The molecule has 0 unspecified atom stereocenters. The van der Waals surface area contributed by atoms with Crippen molar-refractivity contribution in [1.82, 2.24) is 9.88 Å². The van der Waals surface area contributed by atoms with Crippen molar-refractivity contribution in [2.45, 2.75) is 52.2 Å². The van der Waals surface area contributed by atoms with Crippen LogP contribution in [0.1, 0.15) is 50.4 Å². The van der Waals surface area contributed by atoms with E-state index in [1.165, 1.54) is 11.1 Å². The molecule has 0 spiro atoms. The second kappa shape index (κ2) is 10.4. The SMILES string of the molecule is CC(C)(C)OC(=O)N1CC=C(c2ccc(CCCOCc3ccccc3)nc2)CC1. The topological polar surface area (TPSA) is 51.7 Å². The molecule has 1 amide bonds. The number of rotatable bonds is 7. The minimum Gasteiger partial charge on any atom is -0.444 e. The van der Waals surface area contributed by atoms with E-state index in [0.29, 0.717) is 19.7 Å². The Morgan fingerprint density at radius 3 is 2.57 bits per heavy atom. The van der Waals surface area contributed by atoms with Gasteiger partial charge >= 0.3 is 6.09 Å².